The first kappa shape index (κ1) is 11.8. The van der Waals surface area contributed by atoms with Gasteiger partial charge in [-0.25, -0.2) is 0 Å². The molecule has 0 fully saturated rings. The monoisotopic (exact) mass is 225 g/mol. The molecule has 0 saturated carbocycles. The summed E-state index contributed by atoms with van der Waals surface area (Å²) in [7, 11) is 0. The van der Waals surface area contributed by atoms with Crippen LogP contribution in [0.3, 0.4) is 0 Å². The smallest absolute Gasteiger partial charge is 0.0401 e. The van der Waals surface area contributed by atoms with Crippen LogP contribution < -0.4 is 0 Å². The summed E-state index contributed by atoms with van der Waals surface area (Å²) in [4.78, 5) is 4.43. The van der Waals surface area contributed by atoms with Gasteiger partial charge in [-0.15, -0.1) is 0 Å². The molecule has 2 aromatic rings. The van der Waals surface area contributed by atoms with E-state index in [0.29, 0.717) is 0 Å². The van der Waals surface area contributed by atoms with Crippen LogP contribution >= 0.6 is 0 Å². The molecule has 1 aromatic carbocycles. The first-order valence-electron chi connectivity index (χ1n) is 6.33. The lowest BCUT2D eigenvalue weighted by Crippen LogP contribution is -1.92. The van der Waals surface area contributed by atoms with Gasteiger partial charge in [-0.3, -0.25) is 4.98 Å². The summed E-state index contributed by atoms with van der Waals surface area (Å²) in [5.74, 6) is 0. The van der Waals surface area contributed by atoms with Gasteiger partial charge in [-0.05, 0) is 42.0 Å². The molecule has 1 heterocycles. The predicted octanol–water partition coefficient (Wildman–Crippen LogP) is 3.80. The number of nitrogens with zero attached hydrogens (tertiary/aromatic N) is 1. The minimum absolute atomic E-state index is 0.973. The van der Waals surface area contributed by atoms with Crippen LogP contribution in [0.5, 0.6) is 0 Å². The zero-order valence-corrected chi connectivity index (χ0v) is 10.6. The molecule has 88 valence electrons. The molecule has 0 radical (unpaired) electrons. The predicted molar refractivity (Wildman–Crippen MR) is 72.2 cm³/mol. The van der Waals surface area contributed by atoms with E-state index in [9.17, 15) is 0 Å². The fourth-order valence-corrected chi connectivity index (χ4v) is 1.90. The van der Waals surface area contributed by atoms with E-state index >= 15 is 0 Å². The molecule has 0 atom stereocenters. The molecular weight excluding hydrogens is 206 g/mol. The topological polar surface area (TPSA) is 12.9 Å². The zero-order valence-electron chi connectivity index (χ0n) is 10.6. The average Bonchev–Trinajstić information content (AvgIpc) is 2.40. The number of aromatic nitrogens is 1. The molecule has 0 bridgehead atoms. The van der Waals surface area contributed by atoms with Gasteiger partial charge in [0.15, 0.2) is 0 Å². The third kappa shape index (κ3) is 3.16. The summed E-state index contributed by atoms with van der Waals surface area (Å²) in [5.41, 5.74) is 5.20. The molecule has 17 heavy (non-hydrogen) atoms. The third-order valence-corrected chi connectivity index (χ3v) is 3.09. The van der Waals surface area contributed by atoms with Gasteiger partial charge in [-0.1, -0.05) is 44.2 Å². The van der Waals surface area contributed by atoms with E-state index in [1.165, 1.54) is 16.7 Å². The van der Waals surface area contributed by atoms with Crippen molar-refractivity contribution in [3.63, 3.8) is 0 Å². The van der Waals surface area contributed by atoms with Crippen LogP contribution in [0.2, 0.25) is 0 Å². The summed E-state index contributed by atoms with van der Waals surface area (Å²) < 4.78 is 0. The Hall–Kier alpha value is -1.63. The van der Waals surface area contributed by atoms with Crippen molar-refractivity contribution in [3.8, 4) is 0 Å². The number of aryl methyl sites for hydroxylation is 2. The Morgan fingerprint density at radius 2 is 1.41 bits per heavy atom. The Labute approximate surface area is 104 Å². The zero-order chi connectivity index (χ0) is 12.1. The number of benzene rings is 1. The van der Waals surface area contributed by atoms with Crippen molar-refractivity contribution in [2.75, 3.05) is 0 Å². The van der Waals surface area contributed by atoms with Crippen LogP contribution in [-0.4, -0.2) is 4.98 Å². The van der Waals surface area contributed by atoms with Crippen LogP contribution in [0.15, 0.2) is 42.6 Å². The van der Waals surface area contributed by atoms with Crippen molar-refractivity contribution in [2.24, 2.45) is 0 Å². The first-order valence-corrected chi connectivity index (χ1v) is 6.33. The lowest BCUT2D eigenvalue weighted by Gasteiger charge is -2.04. The molecule has 0 aliphatic rings. The fourth-order valence-electron chi connectivity index (χ4n) is 1.90. The number of hydrogen-bond acceptors (Lipinski definition) is 1. The van der Waals surface area contributed by atoms with Crippen molar-refractivity contribution in [3.05, 3.63) is 65.0 Å². The van der Waals surface area contributed by atoms with Crippen molar-refractivity contribution in [1.82, 2.24) is 4.98 Å². The highest BCUT2D eigenvalue weighted by molar-refractivity contribution is 5.28. The van der Waals surface area contributed by atoms with E-state index in [-0.39, 0.29) is 0 Å². The maximum Gasteiger partial charge on any atom is 0.0401 e. The molecule has 0 unspecified atom stereocenters. The minimum atomic E-state index is 0.973. The van der Waals surface area contributed by atoms with Gasteiger partial charge in [0, 0.05) is 11.9 Å². The van der Waals surface area contributed by atoms with E-state index in [1.807, 2.05) is 6.20 Å². The Morgan fingerprint density at radius 3 is 1.94 bits per heavy atom. The third-order valence-electron chi connectivity index (χ3n) is 3.09. The molecule has 0 N–H and O–H groups in total. The molecule has 0 spiro atoms. The molecule has 0 aliphatic heterocycles. The normalized spacial score (nSPS) is 10.5. The first-order chi connectivity index (χ1) is 8.31. The number of hydrogen-bond donors (Lipinski definition) is 0. The summed E-state index contributed by atoms with van der Waals surface area (Å²) >= 11 is 0. The minimum Gasteiger partial charge on any atom is -0.261 e. The highest BCUT2D eigenvalue weighted by Gasteiger charge is 1.98. The van der Waals surface area contributed by atoms with Gasteiger partial charge < -0.3 is 0 Å². The SMILES string of the molecule is CCc1ccc(Cc2ccc(CC)nc2)cc1. The molecule has 1 nitrogen and oxygen atoms in total. The lowest BCUT2D eigenvalue weighted by molar-refractivity contribution is 1.01. The highest BCUT2D eigenvalue weighted by atomic mass is 14.7. The van der Waals surface area contributed by atoms with Gasteiger partial charge in [-0.2, -0.15) is 0 Å². The number of rotatable bonds is 4. The van der Waals surface area contributed by atoms with E-state index in [1.54, 1.807) is 0 Å². The van der Waals surface area contributed by atoms with Gasteiger partial charge in [0.2, 0.25) is 0 Å². The summed E-state index contributed by atoms with van der Waals surface area (Å²) in [6, 6.07) is 13.2. The quantitative estimate of drug-likeness (QED) is 0.771. The number of pyridine rings is 1. The molecule has 1 heteroatoms. The summed E-state index contributed by atoms with van der Waals surface area (Å²) in [6.45, 7) is 4.31. The Kier molecular flexibility index (Phi) is 3.92. The maximum absolute atomic E-state index is 4.43. The van der Waals surface area contributed by atoms with E-state index in [0.717, 1.165) is 25.0 Å². The van der Waals surface area contributed by atoms with Crippen LogP contribution in [0.1, 0.15) is 36.2 Å². The highest BCUT2D eigenvalue weighted by Crippen LogP contribution is 2.11. The average molecular weight is 225 g/mol. The lowest BCUT2D eigenvalue weighted by atomic mass is 10.0. The van der Waals surface area contributed by atoms with Gasteiger partial charge in [0.25, 0.3) is 0 Å². The van der Waals surface area contributed by atoms with Crippen LogP contribution in [-0.2, 0) is 19.3 Å². The molecule has 0 amide bonds. The Balaban J connectivity index is 2.08. The second kappa shape index (κ2) is 5.62. The van der Waals surface area contributed by atoms with Gasteiger partial charge in [0.1, 0.15) is 0 Å². The van der Waals surface area contributed by atoms with E-state index in [2.05, 4.69) is 55.2 Å². The molecule has 2 rings (SSSR count). The van der Waals surface area contributed by atoms with Crippen molar-refractivity contribution >= 4 is 0 Å². The van der Waals surface area contributed by atoms with Gasteiger partial charge >= 0.3 is 0 Å². The Bertz CT molecular complexity index is 408. The molecule has 0 saturated heterocycles. The Morgan fingerprint density at radius 1 is 0.765 bits per heavy atom. The molecular formula is C16H19N. The van der Waals surface area contributed by atoms with Crippen LogP contribution in [0.25, 0.3) is 0 Å². The van der Waals surface area contributed by atoms with Crippen LogP contribution in [0.4, 0.5) is 0 Å². The second-order valence-corrected chi connectivity index (χ2v) is 4.36. The van der Waals surface area contributed by atoms with Gasteiger partial charge in [0.05, 0.1) is 0 Å². The second-order valence-electron chi connectivity index (χ2n) is 4.36. The van der Waals surface area contributed by atoms with E-state index < -0.39 is 0 Å². The molecule has 0 aliphatic carbocycles. The van der Waals surface area contributed by atoms with E-state index in [4.69, 9.17) is 0 Å². The van der Waals surface area contributed by atoms with Crippen molar-refractivity contribution < 1.29 is 0 Å². The van der Waals surface area contributed by atoms with Crippen molar-refractivity contribution in [2.45, 2.75) is 33.1 Å². The maximum atomic E-state index is 4.43. The standard InChI is InChI=1S/C16H19N/c1-3-13-5-7-14(8-6-13)11-15-9-10-16(4-2)17-12-15/h5-10,12H,3-4,11H2,1-2H3. The summed E-state index contributed by atoms with van der Waals surface area (Å²) in [6.07, 6.45) is 5.08. The van der Waals surface area contributed by atoms with Crippen molar-refractivity contribution in [1.29, 1.82) is 0 Å². The molecule has 1 aromatic heterocycles. The largest absolute Gasteiger partial charge is 0.261 e. The fraction of sp³-hybridized carbons (Fsp3) is 0.312. The summed E-state index contributed by atoms with van der Waals surface area (Å²) in [5, 5.41) is 0. The van der Waals surface area contributed by atoms with Crippen LogP contribution in [0, 0.1) is 0 Å².